The zero-order valence-corrected chi connectivity index (χ0v) is 10.1. The van der Waals surface area contributed by atoms with Crippen molar-refractivity contribution in [1.29, 1.82) is 0 Å². The fraction of sp³-hybridized carbons (Fsp3) is 0.385. The van der Waals surface area contributed by atoms with Crippen molar-refractivity contribution in [2.75, 3.05) is 4.90 Å². The molecule has 20 heavy (non-hydrogen) atoms. The molecule has 1 N–H and O–H groups in total. The molecule has 1 aliphatic carbocycles. The number of carboxylic acids is 1. The van der Waals surface area contributed by atoms with Gasteiger partial charge in [-0.1, -0.05) is 18.2 Å². The van der Waals surface area contributed by atoms with Crippen LogP contribution in [0.3, 0.4) is 0 Å². The van der Waals surface area contributed by atoms with E-state index < -0.39 is 29.5 Å². The average molecular weight is 285 g/mol. The number of rotatable bonds is 1. The largest absolute Gasteiger partial charge is 0.479 e. The van der Waals surface area contributed by atoms with E-state index in [9.17, 15) is 27.9 Å². The zero-order chi connectivity index (χ0) is 14.7. The minimum atomic E-state index is -5.10. The Hall–Kier alpha value is -2.05. The lowest BCUT2D eigenvalue weighted by atomic mass is 9.65. The molecule has 1 heterocycles. The van der Waals surface area contributed by atoms with Crippen LogP contribution in [0, 0.1) is 0 Å². The Bertz CT molecular complexity index is 613. The highest BCUT2D eigenvalue weighted by molar-refractivity contribution is 6.08. The van der Waals surface area contributed by atoms with E-state index in [1.54, 1.807) is 12.1 Å². The summed E-state index contributed by atoms with van der Waals surface area (Å²) in [6.07, 6.45) is -4.60. The summed E-state index contributed by atoms with van der Waals surface area (Å²) in [6, 6.07) is 6.07. The van der Waals surface area contributed by atoms with Gasteiger partial charge in [-0.3, -0.25) is 9.69 Å². The molecule has 0 bridgehead atoms. The maximum Gasteiger partial charge on any atom is 0.471 e. The summed E-state index contributed by atoms with van der Waals surface area (Å²) in [7, 11) is 0. The first-order valence-corrected chi connectivity index (χ1v) is 6.04. The Kier molecular flexibility index (Phi) is 2.42. The summed E-state index contributed by atoms with van der Waals surface area (Å²) in [5.74, 6) is -4.07. The topological polar surface area (TPSA) is 57.6 Å². The number of alkyl halides is 3. The van der Waals surface area contributed by atoms with Gasteiger partial charge in [0.25, 0.3) is 0 Å². The second-order valence-electron chi connectivity index (χ2n) is 5.02. The summed E-state index contributed by atoms with van der Waals surface area (Å²) >= 11 is 0. The van der Waals surface area contributed by atoms with Crippen LogP contribution in [0.2, 0.25) is 0 Å². The molecule has 0 aromatic heterocycles. The van der Waals surface area contributed by atoms with E-state index in [-0.39, 0.29) is 12.1 Å². The Balaban J connectivity index is 2.19. The number of hydrogen-bond donors (Lipinski definition) is 1. The van der Waals surface area contributed by atoms with E-state index in [2.05, 4.69) is 0 Å². The molecule has 1 saturated carbocycles. The van der Waals surface area contributed by atoms with E-state index in [0.717, 1.165) is 0 Å². The van der Waals surface area contributed by atoms with Crippen LogP contribution < -0.4 is 4.90 Å². The molecule has 0 spiro atoms. The van der Waals surface area contributed by atoms with Crippen LogP contribution in [0.5, 0.6) is 0 Å². The van der Waals surface area contributed by atoms with Crippen molar-refractivity contribution < 1.29 is 27.9 Å². The summed E-state index contributed by atoms with van der Waals surface area (Å²) in [5, 5.41) is 9.39. The Morgan fingerprint density at radius 1 is 1.30 bits per heavy atom. The van der Waals surface area contributed by atoms with Gasteiger partial charge in [0.1, 0.15) is 0 Å². The highest BCUT2D eigenvalue weighted by Crippen LogP contribution is 2.59. The fourth-order valence-corrected chi connectivity index (χ4v) is 3.21. The smallest absolute Gasteiger partial charge is 0.471 e. The minimum absolute atomic E-state index is 0.0312. The maximum atomic E-state index is 12.8. The number of carboxylic acid groups (broad SMARTS) is 1. The van der Waals surface area contributed by atoms with E-state index in [1.807, 2.05) is 0 Å². The van der Waals surface area contributed by atoms with Crippen LogP contribution in [0.25, 0.3) is 0 Å². The molecule has 3 rings (SSSR count). The highest BCUT2D eigenvalue weighted by atomic mass is 19.4. The summed E-state index contributed by atoms with van der Waals surface area (Å²) in [5.41, 5.74) is -1.23. The average Bonchev–Trinajstić information content (AvgIpc) is 2.52. The zero-order valence-electron chi connectivity index (χ0n) is 10.1. The molecule has 1 amide bonds. The van der Waals surface area contributed by atoms with Crippen molar-refractivity contribution in [3.05, 3.63) is 29.8 Å². The molecule has 1 aliphatic heterocycles. The quantitative estimate of drug-likeness (QED) is 0.861. The van der Waals surface area contributed by atoms with Gasteiger partial charge in [-0.25, -0.2) is 4.79 Å². The van der Waals surface area contributed by atoms with Gasteiger partial charge in [-0.15, -0.1) is 0 Å². The molecule has 2 unspecified atom stereocenters. The van der Waals surface area contributed by atoms with Gasteiger partial charge in [-0.2, -0.15) is 13.2 Å². The molecular weight excluding hydrogens is 275 g/mol. The van der Waals surface area contributed by atoms with Crippen LogP contribution in [0.15, 0.2) is 24.3 Å². The molecule has 0 saturated heterocycles. The number of hydrogen-bond acceptors (Lipinski definition) is 2. The van der Waals surface area contributed by atoms with E-state index in [4.69, 9.17) is 0 Å². The van der Waals surface area contributed by atoms with Crippen molar-refractivity contribution in [3.8, 4) is 0 Å². The van der Waals surface area contributed by atoms with Gasteiger partial charge >= 0.3 is 18.1 Å². The molecule has 1 aromatic carbocycles. The molecule has 1 aromatic rings. The number of aliphatic carboxylic acids is 1. The second-order valence-corrected chi connectivity index (χ2v) is 5.02. The molecule has 1 fully saturated rings. The molecule has 2 aliphatic rings. The van der Waals surface area contributed by atoms with Gasteiger partial charge in [0.05, 0.1) is 0 Å². The number of anilines is 1. The number of fused-ring (bicyclic) bond motifs is 3. The third kappa shape index (κ3) is 1.37. The Morgan fingerprint density at radius 2 is 1.95 bits per heavy atom. The third-order valence-corrected chi connectivity index (χ3v) is 4.16. The standard InChI is InChI=1S/C13H10F3NO3/c14-13(15,16)10(18)17-9-4-2-1-3-7(9)8-5-6-12(8,17)11(19)20/h1-4,8H,5-6H2,(H,19,20). The van der Waals surface area contributed by atoms with E-state index in [1.165, 1.54) is 12.1 Å². The Labute approximate surface area is 111 Å². The number of halogens is 3. The number of amides is 1. The Morgan fingerprint density at radius 3 is 2.45 bits per heavy atom. The molecule has 7 heteroatoms. The van der Waals surface area contributed by atoms with E-state index >= 15 is 0 Å². The van der Waals surface area contributed by atoms with Crippen LogP contribution in [-0.2, 0) is 9.59 Å². The van der Waals surface area contributed by atoms with Gasteiger partial charge in [0.15, 0.2) is 5.54 Å². The molecule has 0 radical (unpaired) electrons. The molecule has 4 nitrogen and oxygen atoms in total. The molecule has 2 atom stereocenters. The maximum absolute atomic E-state index is 12.8. The SMILES string of the molecule is O=C(N1c2ccccc2C2CCC21C(=O)O)C(F)(F)F. The predicted octanol–water partition coefficient (Wildman–Crippen LogP) is 2.30. The van der Waals surface area contributed by atoms with Crippen LogP contribution >= 0.6 is 0 Å². The summed E-state index contributed by atoms with van der Waals surface area (Å²) in [4.78, 5) is 23.6. The van der Waals surface area contributed by atoms with Gasteiger partial charge in [0, 0.05) is 11.6 Å². The number of benzene rings is 1. The fourth-order valence-electron chi connectivity index (χ4n) is 3.21. The van der Waals surface area contributed by atoms with Crippen LogP contribution in [0.1, 0.15) is 24.3 Å². The first-order valence-electron chi connectivity index (χ1n) is 6.04. The van der Waals surface area contributed by atoms with Crippen molar-refractivity contribution in [3.63, 3.8) is 0 Å². The van der Waals surface area contributed by atoms with Crippen LogP contribution in [-0.4, -0.2) is 28.7 Å². The second kappa shape index (κ2) is 3.74. The lowest BCUT2D eigenvalue weighted by molar-refractivity contribution is -0.174. The van der Waals surface area contributed by atoms with Crippen LogP contribution in [0.4, 0.5) is 18.9 Å². The highest BCUT2D eigenvalue weighted by Gasteiger charge is 2.67. The normalized spacial score (nSPS) is 27.6. The molecule has 106 valence electrons. The van der Waals surface area contributed by atoms with Crippen molar-refractivity contribution in [1.82, 2.24) is 0 Å². The minimum Gasteiger partial charge on any atom is -0.479 e. The summed E-state index contributed by atoms with van der Waals surface area (Å²) < 4.78 is 38.3. The number of carbonyl (C=O) groups is 2. The first-order chi connectivity index (χ1) is 9.30. The lowest BCUT2D eigenvalue weighted by Crippen LogP contribution is -2.64. The van der Waals surface area contributed by atoms with E-state index in [0.29, 0.717) is 16.9 Å². The molecular formula is C13H10F3NO3. The van der Waals surface area contributed by atoms with Crippen molar-refractivity contribution in [2.45, 2.75) is 30.5 Å². The number of carbonyl (C=O) groups excluding carboxylic acids is 1. The number of nitrogens with zero attached hydrogens (tertiary/aromatic N) is 1. The van der Waals surface area contributed by atoms with Gasteiger partial charge < -0.3 is 5.11 Å². The summed E-state index contributed by atoms with van der Waals surface area (Å²) in [6.45, 7) is 0. The monoisotopic (exact) mass is 285 g/mol. The van der Waals surface area contributed by atoms with Crippen molar-refractivity contribution in [2.24, 2.45) is 0 Å². The number of para-hydroxylation sites is 1. The lowest BCUT2D eigenvalue weighted by Gasteiger charge is -2.46. The predicted molar refractivity (Wildman–Crippen MR) is 62.3 cm³/mol. The van der Waals surface area contributed by atoms with Gasteiger partial charge in [-0.05, 0) is 24.5 Å². The first kappa shape index (κ1) is 13.0. The van der Waals surface area contributed by atoms with Gasteiger partial charge in [0.2, 0.25) is 0 Å². The third-order valence-electron chi connectivity index (χ3n) is 4.16. The van der Waals surface area contributed by atoms with Crippen molar-refractivity contribution >= 4 is 17.6 Å².